The zero-order chi connectivity index (χ0) is 22.3. The largest absolute Gasteiger partial charge is 0.380 e. The molecule has 4 atom stereocenters. The SMILES string of the molecule is C[C@@H]1[C@H]2C[C@@H](C[C@H]1Nc1cnn(CC(=O)NCC3CCN(C)CC3)c(=O)c1Br)C2(C)C. The van der Waals surface area contributed by atoms with Gasteiger partial charge in [-0.25, -0.2) is 4.68 Å². The van der Waals surface area contributed by atoms with Crippen LogP contribution in [0.5, 0.6) is 0 Å². The van der Waals surface area contributed by atoms with Gasteiger partial charge in [0.2, 0.25) is 5.91 Å². The molecule has 2 N–H and O–H groups in total. The smallest absolute Gasteiger partial charge is 0.283 e. The maximum atomic E-state index is 12.8. The van der Waals surface area contributed by atoms with Crippen LogP contribution in [0.15, 0.2) is 15.5 Å². The van der Waals surface area contributed by atoms with E-state index in [0.717, 1.165) is 49.9 Å². The lowest BCUT2D eigenvalue weighted by Crippen LogP contribution is -2.58. The highest BCUT2D eigenvalue weighted by atomic mass is 79.9. The molecule has 4 fully saturated rings. The molecule has 172 valence electrons. The van der Waals surface area contributed by atoms with Gasteiger partial charge in [-0.05, 0) is 90.8 Å². The Morgan fingerprint density at radius 3 is 2.65 bits per heavy atom. The Morgan fingerprint density at radius 2 is 2.00 bits per heavy atom. The number of amides is 1. The third-order valence-corrected chi connectivity index (χ3v) is 9.17. The molecule has 3 saturated carbocycles. The molecule has 0 spiro atoms. The number of nitrogens with one attached hydrogen (secondary N) is 2. The summed E-state index contributed by atoms with van der Waals surface area (Å²) >= 11 is 3.45. The molecule has 1 saturated heterocycles. The number of nitrogens with zero attached hydrogens (tertiary/aromatic N) is 3. The quantitative estimate of drug-likeness (QED) is 0.636. The molecule has 1 aromatic heterocycles. The molecule has 5 rings (SSSR count). The summed E-state index contributed by atoms with van der Waals surface area (Å²) in [5.74, 6) is 2.37. The van der Waals surface area contributed by atoms with Crippen LogP contribution in [-0.2, 0) is 11.3 Å². The number of carbonyl (C=O) groups excluding carboxylic acids is 1. The summed E-state index contributed by atoms with van der Waals surface area (Å²) in [6, 6.07) is 0.350. The number of hydrogen-bond acceptors (Lipinski definition) is 5. The van der Waals surface area contributed by atoms with Crippen molar-refractivity contribution in [3.63, 3.8) is 0 Å². The lowest BCUT2D eigenvalue weighted by molar-refractivity contribution is -0.122. The summed E-state index contributed by atoms with van der Waals surface area (Å²) in [6.07, 6.45) is 6.31. The zero-order valence-corrected chi connectivity index (χ0v) is 20.7. The van der Waals surface area contributed by atoms with Crippen LogP contribution >= 0.6 is 15.9 Å². The van der Waals surface area contributed by atoms with Crippen LogP contribution in [0.2, 0.25) is 0 Å². The van der Waals surface area contributed by atoms with Gasteiger partial charge in [-0.3, -0.25) is 9.59 Å². The molecule has 2 heterocycles. The van der Waals surface area contributed by atoms with Crippen molar-refractivity contribution in [3.8, 4) is 0 Å². The van der Waals surface area contributed by atoms with Gasteiger partial charge in [0.25, 0.3) is 5.56 Å². The first-order valence-corrected chi connectivity index (χ1v) is 12.4. The second kappa shape index (κ2) is 8.85. The molecular weight excluding hydrogens is 458 g/mol. The molecule has 8 heteroatoms. The number of hydrogen-bond donors (Lipinski definition) is 2. The highest BCUT2D eigenvalue weighted by Gasteiger charge is 2.56. The fourth-order valence-corrected chi connectivity index (χ4v) is 6.36. The van der Waals surface area contributed by atoms with E-state index >= 15 is 0 Å². The first-order valence-electron chi connectivity index (χ1n) is 11.6. The molecule has 1 amide bonds. The standard InChI is InChI=1S/C23H36BrN5O2/c1-14-17-9-16(23(17,2)3)10-18(14)27-19-12-26-29(22(31)21(19)24)13-20(30)25-11-15-5-7-28(4)8-6-15/h12,14-18,27H,5-11,13H2,1-4H3,(H,25,30)/t14-,16+,17-,18-/m1/s1. The Bertz CT molecular complexity index is 877. The lowest BCUT2D eigenvalue weighted by Gasteiger charge is -2.62. The minimum atomic E-state index is -0.270. The van der Waals surface area contributed by atoms with E-state index < -0.39 is 0 Å². The van der Waals surface area contributed by atoms with E-state index in [1.807, 2.05) is 0 Å². The Kier molecular flexibility index (Phi) is 6.50. The molecule has 0 radical (unpaired) electrons. The molecule has 2 bridgehead atoms. The van der Waals surface area contributed by atoms with Gasteiger partial charge in [0.1, 0.15) is 11.0 Å². The van der Waals surface area contributed by atoms with Crippen LogP contribution in [0.4, 0.5) is 5.69 Å². The fraction of sp³-hybridized carbons (Fsp3) is 0.783. The van der Waals surface area contributed by atoms with Crippen LogP contribution < -0.4 is 16.2 Å². The van der Waals surface area contributed by atoms with Gasteiger partial charge in [-0.2, -0.15) is 5.10 Å². The average molecular weight is 494 g/mol. The van der Waals surface area contributed by atoms with E-state index in [1.54, 1.807) is 6.20 Å². The Labute approximate surface area is 193 Å². The molecule has 0 unspecified atom stereocenters. The van der Waals surface area contributed by atoms with Gasteiger partial charge in [0, 0.05) is 12.6 Å². The lowest BCUT2D eigenvalue weighted by atomic mass is 9.45. The first kappa shape index (κ1) is 22.8. The Balaban J connectivity index is 1.33. The van der Waals surface area contributed by atoms with Crippen LogP contribution in [0.1, 0.15) is 46.5 Å². The molecule has 0 aromatic carbocycles. The molecule has 31 heavy (non-hydrogen) atoms. The maximum Gasteiger partial charge on any atom is 0.283 e. The van der Waals surface area contributed by atoms with Gasteiger partial charge in [0.15, 0.2) is 0 Å². The number of aromatic nitrogens is 2. The third-order valence-electron chi connectivity index (χ3n) is 8.40. The second-order valence-corrected chi connectivity index (χ2v) is 11.4. The van der Waals surface area contributed by atoms with Crippen molar-refractivity contribution < 1.29 is 4.79 Å². The molecule has 1 aliphatic heterocycles. The van der Waals surface area contributed by atoms with Crippen molar-refractivity contribution in [2.24, 2.45) is 29.1 Å². The van der Waals surface area contributed by atoms with Crippen molar-refractivity contribution in [2.45, 2.75) is 59.0 Å². The van der Waals surface area contributed by atoms with Gasteiger partial charge in [-0.1, -0.05) is 20.8 Å². The summed E-state index contributed by atoms with van der Waals surface area (Å²) in [5, 5.41) is 10.8. The highest BCUT2D eigenvalue weighted by molar-refractivity contribution is 9.10. The normalized spacial score (nSPS) is 30.5. The van der Waals surface area contributed by atoms with Crippen molar-refractivity contribution in [2.75, 3.05) is 32.0 Å². The molecule has 3 aliphatic carbocycles. The first-order chi connectivity index (χ1) is 14.7. The minimum Gasteiger partial charge on any atom is -0.380 e. The second-order valence-electron chi connectivity index (χ2n) is 10.6. The van der Waals surface area contributed by atoms with E-state index in [1.165, 1.54) is 11.1 Å². The van der Waals surface area contributed by atoms with Crippen molar-refractivity contribution in [1.29, 1.82) is 0 Å². The zero-order valence-electron chi connectivity index (χ0n) is 19.2. The van der Waals surface area contributed by atoms with E-state index in [4.69, 9.17) is 0 Å². The van der Waals surface area contributed by atoms with Gasteiger partial charge >= 0.3 is 0 Å². The summed E-state index contributed by atoms with van der Waals surface area (Å²) < 4.78 is 1.70. The number of fused-ring (bicyclic) bond motifs is 2. The van der Waals surface area contributed by atoms with Crippen molar-refractivity contribution >= 4 is 27.5 Å². The number of likely N-dealkylation sites (tertiary alicyclic amines) is 1. The van der Waals surface area contributed by atoms with E-state index in [9.17, 15) is 9.59 Å². The number of anilines is 1. The molecular formula is C23H36BrN5O2. The summed E-state index contributed by atoms with van der Waals surface area (Å²) in [5.41, 5.74) is 0.884. The fourth-order valence-electron chi connectivity index (χ4n) is 5.93. The Morgan fingerprint density at radius 1 is 1.29 bits per heavy atom. The molecule has 7 nitrogen and oxygen atoms in total. The van der Waals surface area contributed by atoms with Crippen LogP contribution in [0.25, 0.3) is 0 Å². The molecule has 4 aliphatic rings. The predicted molar refractivity (Wildman–Crippen MR) is 126 cm³/mol. The number of rotatable bonds is 6. The highest BCUT2D eigenvalue weighted by Crippen LogP contribution is 2.61. The van der Waals surface area contributed by atoms with E-state index in [-0.39, 0.29) is 18.0 Å². The van der Waals surface area contributed by atoms with Crippen LogP contribution in [0, 0.1) is 29.1 Å². The number of carbonyl (C=O) groups is 1. The number of halogens is 1. The molecule has 1 aromatic rings. The van der Waals surface area contributed by atoms with E-state index in [2.05, 4.69) is 64.4 Å². The maximum absolute atomic E-state index is 12.8. The van der Waals surface area contributed by atoms with Crippen LogP contribution in [0.3, 0.4) is 0 Å². The Hall–Kier alpha value is -1.41. The van der Waals surface area contributed by atoms with Crippen molar-refractivity contribution in [3.05, 3.63) is 21.0 Å². The predicted octanol–water partition coefficient (Wildman–Crippen LogP) is 2.95. The third kappa shape index (κ3) is 4.56. The van der Waals surface area contributed by atoms with Gasteiger partial charge < -0.3 is 15.5 Å². The number of piperidine rings is 1. The minimum absolute atomic E-state index is 0.0531. The van der Waals surface area contributed by atoms with E-state index in [0.29, 0.717) is 34.3 Å². The average Bonchev–Trinajstić information content (AvgIpc) is 2.74. The summed E-state index contributed by atoms with van der Waals surface area (Å²) in [6.45, 7) is 9.84. The van der Waals surface area contributed by atoms with Crippen LogP contribution in [-0.4, -0.2) is 53.3 Å². The van der Waals surface area contributed by atoms with Crippen molar-refractivity contribution in [1.82, 2.24) is 20.0 Å². The topological polar surface area (TPSA) is 79.3 Å². The summed E-state index contributed by atoms with van der Waals surface area (Å²) in [4.78, 5) is 27.5. The van der Waals surface area contributed by atoms with Gasteiger partial charge in [0.05, 0.1) is 11.9 Å². The van der Waals surface area contributed by atoms with Gasteiger partial charge in [-0.15, -0.1) is 0 Å². The summed E-state index contributed by atoms with van der Waals surface area (Å²) in [7, 11) is 2.13. The monoisotopic (exact) mass is 493 g/mol.